The van der Waals surface area contributed by atoms with Crippen LogP contribution < -0.4 is 10.1 Å². The Hall–Kier alpha value is -2.43. The quantitative estimate of drug-likeness (QED) is 0.734. The summed E-state index contributed by atoms with van der Waals surface area (Å²) in [5.41, 5.74) is 1.45. The van der Waals surface area contributed by atoms with Gasteiger partial charge in [0, 0.05) is 18.3 Å². The molecule has 3 N–H and O–H groups in total. The van der Waals surface area contributed by atoms with E-state index in [1.54, 1.807) is 24.3 Å². The van der Waals surface area contributed by atoms with Gasteiger partial charge < -0.3 is 20.3 Å². The Balaban J connectivity index is 2.06. The molecular weight excluding hydrogens is 261 g/mol. The van der Waals surface area contributed by atoms with Crippen molar-refractivity contribution in [3.05, 3.63) is 47.8 Å². The van der Waals surface area contributed by atoms with Gasteiger partial charge in [-0.05, 0) is 36.8 Å². The Morgan fingerprint density at radius 3 is 2.55 bits per heavy atom. The van der Waals surface area contributed by atoms with Crippen molar-refractivity contribution in [3.8, 4) is 17.2 Å². The van der Waals surface area contributed by atoms with Crippen LogP contribution in [0.1, 0.15) is 12.5 Å². The molecular formula is C15H16FNO3. The number of hydrogen-bond donors (Lipinski definition) is 3. The van der Waals surface area contributed by atoms with Gasteiger partial charge in [0.25, 0.3) is 0 Å². The minimum absolute atomic E-state index is 0.0891. The number of rotatable bonds is 5. The molecule has 0 atom stereocenters. The van der Waals surface area contributed by atoms with Gasteiger partial charge in [-0.3, -0.25) is 0 Å². The summed E-state index contributed by atoms with van der Waals surface area (Å²) >= 11 is 0. The summed E-state index contributed by atoms with van der Waals surface area (Å²) < 4.78 is 18.5. The first-order valence-electron chi connectivity index (χ1n) is 6.27. The first-order chi connectivity index (χ1) is 9.60. The van der Waals surface area contributed by atoms with E-state index in [4.69, 9.17) is 9.84 Å². The number of nitrogens with one attached hydrogen (secondary N) is 1. The Morgan fingerprint density at radius 2 is 1.85 bits per heavy atom. The van der Waals surface area contributed by atoms with Gasteiger partial charge in [0.2, 0.25) is 0 Å². The van der Waals surface area contributed by atoms with Gasteiger partial charge in [0.15, 0.2) is 23.1 Å². The molecule has 2 aromatic rings. The second-order valence-corrected chi connectivity index (χ2v) is 4.25. The van der Waals surface area contributed by atoms with Gasteiger partial charge in [0.05, 0.1) is 6.61 Å². The molecule has 2 aromatic carbocycles. The summed E-state index contributed by atoms with van der Waals surface area (Å²) in [6, 6.07) is 9.13. The molecule has 0 amide bonds. The van der Waals surface area contributed by atoms with Gasteiger partial charge in [-0.2, -0.15) is 0 Å². The molecule has 106 valence electrons. The summed E-state index contributed by atoms with van der Waals surface area (Å²) in [5.74, 6) is -0.538. The molecule has 0 aliphatic rings. The smallest absolute Gasteiger partial charge is 0.166 e. The Morgan fingerprint density at radius 1 is 1.10 bits per heavy atom. The maximum Gasteiger partial charge on any atom is 0.166 e. The normalized spacial score (nSPS) is 10.3. The SMILES string of the molecule is CCOc1cc(CNc2ccc(O)c(F)c2)ccc1O. The Kier molecular flexibility index (Phi) is 4.30. The van der Waals surface area contributed by atoms with E-state index in [9.17, 15) is 9.50 Å². The number of hydrogen-bond acceptors (Lipinski definition) is 4. The van der Waals surface area contributed by atoms with Crippen LogP contribution in [-0.4, -0.2) is 16.8 Å². The van der Waals surface area contributed by atoms with E-state index in [1.807, 2.05) is 6.92 Å². The first-order valence-corrected chi connectivity index (χ1v) is 6.27. The lowest BCUT2D eigenvalue weighted by atomic mass is 10.2. The summed E-state index contributed by atoms with van der Waals surface area (Å²) in [6.07, 6.45) is 0. The zero-order valence-corrected chi connectivity index (χ0v) is 11.1. The maximum atomic E-state index is 13.2. The second-order valence-electron chi connectivity index (χ2n) is 4.25. The van der Waals surface area contributed by atoms with Crippen LogP contribution >= 0.6 is 0 Å². The zero-order chi connectivity index (χ0) is 14.5. The standard InChI is InChI=1S/C15H16FNO3/c1-2-20-15-7-10(3-5-14(15)19)9-17-11-4-6-13(18)12(16)8-11/h3-8,17-19H,2,9H2,1H3. The molecule has 0 aromatic heterocycles. The van der Waals surface area contributed by atoms with Crippen molar-refractivity contribution in [3.63, 3.8) is 0 Å². The maximum absolute atomic E-state index is 13.2. The lowest BCUT2D eigenvalue weighted by Crippen LogP contribution is -2.00. The molecule has 0 aliphatic heterocycles. The third kappa shape index (κ3) is 3.32. The summed E-state index contributed by atoms with van der Waals surface area (Å²) in [4.78, 5) is 0. The van der Waals surface area contributed by atoms with Crippen LogP contribution in [0.5, 0.6) is 17.2 Å². The Bertz CT molecular complexity index is 602. The minimum Gasteiger partial charge on any atom is -0.505 e. The monoisotopic (exact) mass is 277 g/mol. The number of phenols is 2. The lowest BCUT2D eigenvalue weighted by Gasteiger charge is -2.10. The van der Waals surface area contributed by atoms with Crippen LogP contribution in [-0.2, 0) is 6.54 Å². The molecule has 0 unspecified atom stereocenters. The van der Waals surface area contributed by atoms with Gasteiger partial charge in [0.1, 0.15) is 0 Å². The number of phenolic OH excluding ortho intramolecular Hbond substituents is 2. The topological polar surface area (TPSA) is 61.7 Å². The van der Waals surface area contributed by atoms with Crippen LogP contribution in [0, 0.1) is 5.82 Å². The van der Waals surface area contributed by atoms with Crippen molar-refractivity contribution in [2.45, 2.75) is 13.5 Å². The second kappa shape index (κ2) is 6.14. The van der Waals surface area contributed by atoms with Crippen LogP contribution in [0.2, 0.25) is 0 Å². The molecule has 0 aliphatic carbocycles. The summed E-state index contributed by atoms with van der Waals surface area (Å²) in [6.45, 7) is 2.75. The van der Waals surface area contributed by atoms with E-state index >= 15 is 0 Å². The van der Waals surface area contributed by atoms with Crippen LogP contribution in [0.15, 0.2) is 36.4 Å². The number of ether oxygens (including phenoxy) is 1. The van der Waals surface area contributed by atoms with Crippen LogP contribution in [0.25, 0.3) is 0 Å². The van der Waals surface area contributed by atoms with Crippen molar-refractivity contribution >= 4 is 5.69 Å². The Labute approximate surface area is 116 Å². The summed E-state index contributed by atoms with van der Waals surface area (Å²) in [5, 5.41) is 21.7. The third-order valence-corrected chi connectivity index (χ3v) is 2.77. The number of benzene rings is 2. The fraction of sp³-hybridized carbons (Fsp3) is 0.200. The van der Waals surface area contributed by atoms with Crippen LogP contribution in [0.4, 0.5) is 10.1 Å². The van der Waals surface area contributed by atoms with Crippen molar-refractivity contribution in [2.24, 2.45) is 0 Å². The van der Waals surface area contributed by atoms with Gasteiger partial charge in [-0.1, -0.05) is 6.07 Å². The minimum atomic E-state index is -0.671. The highest BCUT2D eigenvalue weighted by Gasteiger charge is 2.05. The molecule has 0 radical (unpaired) electrons. The lowest BCUT2D eigenvalue weighted by molar-refractivity contribution is 0.318. The molecule has 0 bridgehead atoms. The number of anilines is 1. The predicted octanol–water partition coefficient (Wildman–Crippen LogP) is 3.25. The summed E-state index contributed by atoms with van der Waals surface area (Å²) in [7, 11) is 0. The van der Waals surface area contributed by atoms with E-state index in [0.29, 0.717) is 24.6 Å². The average molecular weight is 277 g/mol. The number of halogens is 1. The highest BCUT2D eigenvalue weighted by Crippen LogP contribution is 2.27. The molecule has 0 fully saturated rings. The zero-order valence-electron chi connectivity index (χ0n) is 11.1. The van der Waals surface area contributed by atoms with Crippen LogP contribution in [0.3, 0.4) is 0 Å². The molecule has 0 saturated heterocycles. The van der Waals surface area contributed by atoms with Crippen molar-refractivity contribution in [1.82, 2.24) is 0 Å². The molecule has 2 rings (SSSR count). The molecule has 5 heteroatoms. The predicted molar refractivity (Wildman–Crippen MR) is 74.7 cm³/mol. The molecule has 0 spiro atoms. The highest BCUT2D eigenvalue weighted by molar-refractivity contribution is 5.48. The van der Waals surface area contributed by atoms with Gasteiger partial charge >= 0.3 is 0 Å². The molecule has 4 nitrogen and oxygen atoms in total. The van der Waals surface area contributed by atoms with E-state index in [-0.39, 0.29) is 11.5 Å². The molecule has 20 heavy (non-hydrogen) atoms. The first kappa shape index (κ1) is 14.0. The van der Waals surface area contributed by atoms with Crippen molar-refractivity contribution < 1.29 is 19.3 Å². The van der Waals surface area contributed by atoms with E-state index < -0.39 is 5.82 Å². The fourth-order valence-corrected chi connectivity index (χ4v) is 1.76. The largest absolute Gasteiger partial charge is 0.505 e. The highest BCUT2D eigenvalue weighted by atomic mass is 19.1. The van der Waals surface area contributed by atoms with Crippen molar-refractivity contribution in [2.75, 3.05) is 11.9 Å². The van der Waals surface area contributed by atoms with E-state index in [2.05, 4.69) is 5.32 Å². The van der Waals surface area contributed by atoms with Gasteiger partial charge in [-0.15, -0.1) is 0 Å². The van der Waals surface area contributed by atoms with E-state index in [1.165, 1.54) is 12.1 Å². The third-order valence-electron chi connectivity index (χ3n) is 2.77. The van der Waals surface area contributed by atoms with Crippen molar-refractivity contribution in [1.29, 1.82) is 0 Å². The molecule has 0 heterocycles. The molecule has 0 saturated carbocycles. The number of aromatic hydroxyl groups is 2. The van der Waals surface area contributed by atoms with E-state index in [0.717, 1.165) is 5.56 Å². The fourth-order valence-electron chi connectivity index (χ4n) is 1.76. The van der Waals surface area contributed by atoms with Gasteiger partial charge in [-0.25, -0.2) is 4.39 Å². The average Bonchev–Trinajstić information content (AvgIpc) is 2.43.